The Morgan fingerprint density at radius 2 is 2.06 bits per heavy atom. The zero-order valence-electron chi connectivity index (χ0n) is 9.74. The first kappa shape index (κ1) is 10.6. The van der Waals surface area contributed by atoms with Gasteiger partial charge in [-0.05, 0) is 61.3 Å². The molecule has 3 N–H and O–H groups in total. The highest BCUT2D eigenvalue weighted by atomic mass is 16.4. The summed E-state index contributed by atoms with van der Waals surface area (Å²) in [6.07, 6.45) is 8.14. The van der Waals surface area contributed by atoms with Crippen LogP contribution in [0.2, 0.25) is 0 Å². The number of rotatable bonds is 3. The van der Waals surface area contributed by atoms with E-state index in [-0.39, 0.29) is 5.41 Å². The molecule has 0 bridgehead atoms. The molecule has 0 aliphatic heterocycles. The molecular formula is C13H21NO2. The molecule has 3 fully saturated rings. The fourth-order valence-corrected chi connectivity index (χ4v) is 4.76. The van der Waals surface area contributed by atoms with Gasteiger partial charge in [0.05, 0.1) is 6.42 Å². The molecule has 3 rings (SSSR count). The van der Waals surface area contributed by atoms with Gasteiger partial charge in [-0.3, -0.25) is 4.79 Å². The Hall–Kier alpha value is -0.570. The van der Waals surface area contributed by atoms with Crippen molar-refractivity contribution in [3.63, 3.8) is 0 Å². The molecule has 0 aromatic carbocycles. The molecule has 0 amide bonds. The van der Waals surface area contributed by atoms with Crippen molar-refractivity contribution in [1.82, 2.24) is 0 Å². The quantitative estimate of drug-likeness (QED) is 0.769. The summed E-state index contributed by atoms with van der Waals surface area (Å²) in [5.41, 5.74) is 6.43. The predicted octanol–water partition coefficient (Wildman–Crippen LogP) is 2.01. The molecule has 3 saturated carbocycles. The molecule has 3 aliphatic rings. The number of carboxylic acid groups (broad SMARTS) is 1. The molecule has 1 spiro atoms. The third-order valence-electron chi connectivity index (χ3n) is 5.70. The van der Waals surface area contributed by atoms with E-state index >= 15 is 0 Å². The second-order valence-electron chi connectivity index (χ2n) is 6.47. The van der Waals surface area contributed by atoms with Crippen LogP contribution in [0.15, 0.2) is 0 Å². The highest BCUT2D eigenvalue weighted by Gasteiger charge is 2.62. The highest BCUT2D eigenvalue weighted by molar-refractivity contribution is 5.68. The maximum absolute atomic E-state index is 10.9. The zero-order valence-corrected chi connectivity index (χ0v) is 9.74. The lowest BCUT2D eigenvalue weighted by Crippen LogP contribution is -2.51. The van der Waals surface area contributed by atoms with Crippen LogP contribution in [-0.2, 0) is 4.79 Å². The first-order chi connectivity index (χ1) is 7.59. The minimum Gasteiger partial charge on any atom is -0.481 e. The van der Waals surface area contributed by atoms with Crippen molar-refractivity contribution in [3.05, 3.63) is 0 Å². The van der Waals surface area contributed by atoms with Gasteiger partial charge in [0.1, 0.15) is 0 Å². The summed E-state index contributed by atoms with van der Waals surface area (Å²) in [5, 5.41) is 9.01. The normalized spacial score (nSPS) is 43.6. The van der Waals surface area contributed by atoms with Gasteiger partial charge in [0, 0.05) is 0 Å². The summed E-state index contributed by atoms with van der Waals surface area (Å²) < 4.78 is 0. The average molecular weight is 223 g/mol. The van der Waals surface area contributed by atoms with Crippen molar-refractivity contribution in [2.45, 2.75) is 44.9 Å². The van der Waals surface area contributed by atoms with E-state index in [4.69, 9.17) is 10.8 Å². The number of hydrogen-bond donors (Lipinski definition) is 2. The van der Waals surface area contributed by atoms with Crippen molar-refractivity contribution >= 4 is 5.97 Å². The van der Waals surface area contributed by atoms with Crippen LogP contribution in [0.5, 0.6) is 0 Å². The SMILES string of the molecule is NC[C@]1(CC(=O)O)C[C@H]2CC3(CCC3)C[C@H]21. The summed E-state index contributed by atoms with van der Waals surface area (Å²) in [7, 11) is 0. The van der Waals surface area contributed by atoms with Crippen molar-refractivity contribution < 1.29 is 9.90 Å². The van der Waals surface area contributed by atoms with Crippen LogP contribution >= 0.6 is 0 Å². The highest BCUT2D eigenvalue weighted by Crippen LogP contribution is 2.69. The smallest absolute Gasteiger partial charge is 0.303 e. The van der Waals surface area contributed by atoms with Gasteiger partial charge >= 0.3 is 5.97 Å². The Balaban J connectivity index is 1.74. The number of fused-ring (bicyclic) bond motifs is 1. The van der Waals surface area contributed by atoms with E-state index in [1.807, 2.05) is 0 Å². The molecule has 3 heteroatoms. The first-order valence-electron chi connectivity index (χ1n) is 6.51. The summed E-state index contributed by atoms with van der Waals surface area (Å²) in [6, 6.07) is 0. The van der Waals surface area contributed by atoms with Gasteiger partial charge in [-0.1, -0.05) is 6.42 Å². The molecule has 16 heavy (non-hydrogen) atoms. The van der Waals surface area contributed by atoms with Crippen LogP contribution in [-0.4, -0.2) is 17.6 Å². The summed E-state index contributed by atoms with van der Waals surface area (Å²) in [4.78, 5) is 10.9. The van der Waals surface area contributed by atoms with Crippen molar-refractivity contribution in [1.29, 1.82) is 0 Å². The van der Waals surface area contributed by atoms with Gasteiger partial charge in [0.2, 0.25) is 0 Å². The van der Waals surface area contributed by atoms with Crippen LogP contribution in [0.25, 0.3) is 0 Å². The minimum atomic E-state index is -0.668. The summed E-state index contributed by atoms with van der Waals surface area (Å²) in [6.45, 7) is 0.566. The Bertz CT molecular complexity index is 324. The number of hydrogen-bond acceptors (Lipinski definition) is 2. The molecule has 0 heterocycles. The fourth-order valence-electron chi connectivity index (χ4n) is 4.76. The Morgan fingerprint density at radius 1 is 1.31 bits per heavy atom. The fraction of sp³-hybridized carbons (Fsp3) is 0.923. The lowest BCUT2D eigenvalue weighted by atomic mass is 9.53. The van der Waals surface area contributed by atoms with E-state index in [0.29, 0.717) is 24.3 Å². The van der Waals surface area contributed by atoms with Gasteiger partial charge in [0.25, 0.3) is 0 Å². The number of aliphatic carboxylic acids is 1. The van der Waals surface area contributed by atoms with Crippen LogP contribution in [0.4, 0.5) is 0 Å². The molecule has 90 valence electrons. The van der Waals surface area contributed by atoms with Crippen LogP contribution in [0.3, 0.4) is 0 Å². The predicted molar refractivity (Wildman–Crippen MR) is 60.9 cm³/mol. The van der Waals surface area contributed by atoms with Gasteiger partial charge in [-0.25, -0.2) is 0 Å². The van der Waals surface area contributed by atoms with Gasteiger partial charge in [-0.15, -0.1) is 0 Å². The van der Waals surface area contributed by atoms with E-state index in [1.165, 1.54) is 32.1 Å². The van der Waals surface area contributed by atoms with E-state index < -0.39 is 5.97 Å². The van der Waals surface area contributed by atoms with E-state index in [9.17, 15) is 4.79 Å². The second kappa shape index (κ2) is 3.22. The van der Waals surface area contributed by atoms with Gasteiger partial charge in [-0.2, -0.15) is 0 Å². The van der Waals surface area contributed by atoms with E-state index in [2.05, 4.69) is 0 Å². The van der Waals surface area contributed by atoms with E-state index in [0.717, 1.165) is 12.3 Å². The lowest BCUT2D eigenvalue weighted by molar-refractivity contribution is -0.145. The molecule has 0 unspecified atom stereocenters. The summed E-state index contributed by atoms with van der Waals surface area (Å²) in [5.74, 6) is 0.746. The third kappa shape index (κ3) is 1.27. The topological polar surface area (TPSA) is 63.3 Å². The monoisotopic (exact) mass is 223 g/mol. The Morgan fingerprint density at radius 3 is 2.56 bits per heavy atom. The van der Waals surface area contributed by atoms with Crippen molar-refractivity contribution in [3.8, 4) is 0 Å². The first-order valence-corrected chi connectivity index (χ1v) is 6.51. The van der Waals surface area contributed by atoms with Crippen LogP contribution in [0, 0.1) is 22.7 Å². The van der Waals surface area contributed by atoms with E-state index in [1.54, 1.807) is 0 Å². The molecule has 0 saturated heterocycles. The lowest BCUT2D eigenvalue weighted by Gasteiger charge is -2.51. The molecule has 3 nitrogen and oxygen atoms in total. The standard InChI is InChI=1S/C13H21NO2/c14-8-13(7-11(15)16)5-9-4-12(2-1-3-12)6-10(9)13/h9-10H,1-8,14H2,(H,15,16)/t9-,10-,13-/m1/s1. The number of carboxylic acids is 1. The second-order valence-corrected chi connectivity index (χ2v) is 6.47. The summed E-state index contributed by atoms with van der Waals surface area (Å²) >= 11 is 0. The molecule has 0 aromatic heterocycles. The molecule has 3 aliphatic carbocycles. The van der Waals surface area contributed by atoms with Gasteiger partial charge < -0.3 is 10.8 Å². The largest absolute Gasteiger partial charge is 0.481 e. The number of nitrogens with two attached hydrogens (primary N) is 1. The van der Waals surface area contributed by atoms with Crippen LogP contribution < -0.4 is 5.73 Å². The van der Waals surface area contributed by atoms with Crippen molar-refractivity contribution in [2.24, 2.45) is 28.4 Å². The molecular weight excluding hydrogens is 202 g/mol. The van der Waals surface area contributed by atoms with Crippen molar-refractivity contribution in [2.75, 3.05) is 6.54 Å². The van der Waals surface area contributed by atoms with Gasteiger partial charge in [0.15, 0.2) is 0 Å². The Labute approximate surface area is 96.4 Å². The van der Waals surface area contributed by atoms with Crippen LogP contribution in [0.1, 0.15) is 44.9 Å². The maximum atomic E-state index is 10.9. The maximum Gasteiger partial charge on any atom is 0.303 e. The molecule has 0 aromatic rings. The minimum absolute atomic E-state index is 0.0460. The zero-order chi connectivity index (χ0) is 11.4. The molecule has 3 atom stereocenters. The number of carbonyl (C=O) groups is 1. The molecule has 0 radical (unpaired) electrons. The average Bonchev–Trinajstić information content (AvgIpc) is 2.49. The Kier molecular flexibility index (Phi) is 2.13. The third-order valence-corrected chi connectivity index (χ3v) is 5.70.